The third kappa shape index (κ3) is 1.34. The Morgan fingerprint density at radius 3 is 3.10 bits per heavy atom. The van der Waals surface area contributed by atoms with E-state index in [2.05, 4.69) is 15.3 Å². The number of nitrogens with one attached hydrogen (secondary N) is 2. The molecule has 4 nitrogen and oxygen atoms in total. The van der Waals surface area contributed by atoms with Gasteiger partial charge in [-0.3, -0.25) is 0 Å². The summed E-state index contributed by atoms with van der Waals surface area (Å²) in [5.41, 5.74) is 0.907. The van der Waals surface area contributed by atoms with E-state index < -0.39 is 0 Å². The summed E-state index contributed by atoms with van der Waals surface area (Å²) in [6.07, 6.45) is 3.28. The zero-order valence-corrected chi connectivity index (χ0v) is 5.83. The van der Waals surface area contributed by atoms with Crippen molar-refractivity contribution >= 4 is 0 Å². The van der Waals surface area contributed by atoms with Gasteiger partial charge in [0.15, 0.2) is 0 Å². The molecule has 1 rings (SSSR count). The molecule has 0 bridgehead atoms. The molecule has 0 unspecified atom stereocenters. The van der Waals surface area contributed by atoms with Crippen LogP contribution in [0.2, 0.25) is 0 Å². The number of aliphatic hydroxyl groups is 1. The van der Waals surface area contributed by atoms with Crippen molar-refractivity contribution in [1.29, 1.82) is 0 Å². The number of H-pyrrole nitrogens is 1. The van der Waals surface area contributed by atoms with E-state index in [-0.39, 0.29) is 12.6 Å². The van der Waals surface area contributed by atoms with Gasteiger partial charge in [0.2, 0.25) is 0 Å². The lowest BCUT2D eigenvalue weighted by Gasteiger charge is -2.08. The molecule has 0 saturated carbocycles. The summed E-state index contributed by atoms with van der Waals surface area (Å²) in [5.74, 6) is 0. The monoisotopic (exact) mass is 141 g/mol. The molecule has 1 aromatic heterocycles. The number of aromatic nitrogens is 2. The number of nitrogens with zero attached hydrogens (tertiary/aromatic N) is 1. The zero-order chi connectivity index (χ0) is 7.40. The Balaban J connectivity index is 2.64. The molecular weight excluding hydrogens is 130 g/mol. The highest BCUT2D eigenvalue weighted by atomic mass is 16.3. The van der Waals surface area contributed by atoms with Crippen LogP contribution in [0.25, 0.3) is 0 Å². The Morgan fingerprint density at radius 1 is 1.90 bits per heavy atom. The topological polar surface area (TPSA) is 60.9 Å². The number of hydrogen-bond donors (Lipinski definition) is 3. The molecule has 0 aliphatic rings. The first-order valence-corrected chi connectivity index (χ1v) is 3.15. The van der Waals surface area contributed by atoms with Gasteiger partial charge in [-0.2, -0.15) is 0 Å². The van der Waals surface area contributed by atoms with Gasteiger partial charge in [-0.1, -0.05) is 0 Å². The largest absolute Gasteiger partial charge is 0.394 e. The van der Waals surface area contributed by atoms with Crippen LogP contribution in [-0.4, -0.2) is 28.7 Å². The second kappa shape index (κ2) is 3.34. The summed E-state index contributed by atoms with van der Waals surface area (Å²) < 4.78 is 0. The van der Waals surface area contributed by atoms with Gasteiger partial charge in [-0.05, 0) is 7.05 Å². The second-order valence-corrected chi connectivity index (χ2v) is 2.03. The van der Waals surface area contributed by atoms with Crippen LogP contribution in [0.5, 0.6) is 0 Å². The Hall–Kier alpha value is -0.870. The van der Waals surface area contributed by atoms with E-state index in [0.29, 0.717) is 0 Å². The first-order valence-electron chi connectivity index (χ1n) is 3.15. The molecule has 0 radical (unpaired) electrons. The van der Waals surface area contributed by atoms with Crippen LogP contribution in [0.3, 0.4) is 0 Å². The molecule has 56 valence electrons. The maximum atomic E-state index is 8.79. The number of imidazole rings is 1. The molecule has 4 heteroatoms. The summed E-state index contributed by atoms with van der Waals surface area (Å²) in [6.45, 7) is 0.0820. The van der Waals surface area contributed by atoms with Crippen molar-refractivity contribution in [3.63, 3.8) is 0 Å². The van der Waals surface area contributed by atoms with E-state index >= 15 is 0 Å². The predicted octanol–water partition coefficient (Wildman–Crippen LogP) is -0.338. The number of rotatable bonds is 3. The van der Waals surface area contributed by atoms with Gasteiger partial charge < -0.3 is 15.4 Å². The number of hydrogen-bond acceptors (Lipinski definition) is 3. The molecule has 0 aliphatic heterocycles. The van der Waals surface area contributed by atoms with Gasteiger partial charge in [-0.15, -0.1) is 0 Å². The fourth-order valence-corrected chi connectivity index (χ4v) is 0.802. The molecule has 0 aromatic carbocycles. The van der Waals surface area contributed by atoms with E-state index in [4.69, 9.17) is 5.11 Å². The smallest absolute Gasteiger partial charge is 0.0922 e. The molecular formula is C6H11N3O. The fourth-order valence-electron chi connectivity index (χ4n) is 0.802. The van der Waals surface area contributed by atoms with Gasteiger partial charge in [0.25, 0.3) is 0 Å². The van der Waals surface area contributed by atoms with E-state index in [9.17, 15) is 0 Å². The molecule has 0 saturated heterocycles. The predicted molar refractivity (Wildman–Crippen MR) is 37.5 cm³/mol. The lowest BCUT2D eigenvalue weighted by Crippen LogP contribution is -2.20. The maximum Gasteiger partial charge on any atom is 0.0922 e. The van der Waals surface area contributed by atoms with Gasteiger partial charge in [-0.25, -0.2) is 4.98 Å². The van der Waals surface area contributed by atoms with Crippen LogP contribution >= 0.6 is 0 Å². The molecule has 0 spiro atoms. The molecule has 1 atom stereocenters. The van der Waals surface area contributed by atoms with Crippen molar-refractivity contribution in [3.8, 4) is 0 Å². The highest BCUT2D eigenvalue weighted by Crippen LogP contribution is 2.05. The van der Waals surface area contributed by atoms with Crippen molar-refractivity contribution in [3.05, 3.63) is 18.2 Å². The van der Waals surface area contributed by atoms with Gasteiger partial charge in [0.1, 0.15) is 0 Å². The summed E-state index contributed by atoms with van der Waals surface area (Å²) in [5, 5.41) is 11.7. The number of likely N-dealkylation sites (N-methyl/N-ethyl adjacent to an activating group) is 1. The van der Waals surface area contributed by atoms with Gasteiger partial charge in [0.05, 0.1) is 24.7 Å². The second-order valence-electron chi connectivity index (χ2n) is 2.03. The number of aliphatic hydroxyl groups excluding tert-OH is 1. The molecule has 1 heterocycles. The highest BCUT2D eigenvalue weighted by molar-refractivity contribution is 5.01. The average molecular weight is 141 g/mol. The molecule has 0 amide bonds. The van der Waals surface area contributed by atoms with E-state index in [1.807, 2.05) is 0 Å². The van der Waals surface area contributed by atoms with Crippen LogP contribution in [-0.2, 0) is 0 Å². The van der Waals surface area contributed by atoms with E-state index in [1.54, 1.807) is 19.6 Å². The molecule has 1 aromatic rings. The first-order chi connectivity index (χ1) is 4.88. The Morgan fingerprint density at radius 2 is 2.70 bits per heavy atom. The standard InChI is InChI=1S/C6H11N3O/c1-7-6(3-10)5-2-8-4-9-5/h2,4,6-7,10H,3H2,1H3,(H,8,9)/t6-/m1/s1. The van der Waals surface area contributed by atoms with Crippen LogP contribution in [0.4, 0.5) is 0 Å². The number of aromatic amines is 1. The molecule has 0 fully saturated rings. The van der Waals surface area contributed by atoms with E-state index in [0.717, 1.165) is 5.69 Å². The minimum Gasteiger partial charge on any atom is -0.394 e. The Bertz CT molecular complexity index is 169. The quantitative estimate of drug-likeness (QED) is 0.539. The highest BCUT2D eigenvalue weighted by Gasteiger charge is 2.06. The summed E-state index contributed by atoms with van der Waals surface area (Å²) in [7, 11) is 1.79. The minimum absolute atomic E-state index is 0.0255. The van der Waals surface area contributed by atoms with Crippen molar-refractivity contribution in [2.75, 3.05) is 13.7 Å². The van der Waals surface area contributed by atoms with Gasteiger partial charge in [0, 0.05) is 6.20 Å². The zero-order valence-electron chi connectivity index (χ0n) is 5.83. The first kappa shape index (κ1) is 7.24. The van der Waals surface area contributed by atoms with E-state index in [1.165, 1.54) is 0 Å². The fraction of sp³-hybridized carbons (Fsp3) is 0.500. The normalized spacial score (nSPS) is 13.4. The third-order valence-electron chi connectivity index (χ3n) is 1.43. The summed E-state index contributed by atoms with van der Waals surface area (Å²) >= 11 is 0. The van der Waals surface area contributed by atoms with Crippen LogP contribution < -0.4 is 5.32 Å². The Labute approximate surface area is 59.3 Å². The lowest BCUT2D eigenvalue weighted by atomic mass is 10.2. The molecule has 0 aliphatic carbocycles. The van der Waals surface area contributed by atoms with Crippen molar-refractivity contribution < 1.29 is 5.11 Å². The summed E-state index contributed by atoms with van der Waals surface area (Å²) in [6, 6.07) is -0.0255. The van der Waals surface area contributed by atoms with Crippen LogP contribution in [0, 0.1) is 0 Å². The molecule has 10 heavy (non-hydrogen) atoms. The van der Waals surface area contributed by atoms with Crippen molar-refractivity contribution in [1.82, 2.24) is 15.3 Å². The third-order valence-corrected chi connectivity index (χ3v) is 1.43. The average Bonchev–Trinajstić information content (AvgIpc) is 2.43. The van der Waals surface area contributed by atoms with Crippen LogP contribution in [0.1, 0.15) is 11.7 Å². The summed E-state index contributed by atoms with van der Waals surface area (Å²) in [4.78, 5) is 6.74. The molecule has 3 N–H and O–H groups in total. The van der Waals surface area contributed by atoms with Crippen molar-refractivity contribution in [2.24, 2.45) is 0 Å². The van der Waals surface area contributed by atoms with Crippen LogP contribution in [0.15, 0.2) is 12.5 Å². The van der Waals surface area contributed by atoms with Gasteiger partial charge >= 0.3 is 0 Å². The Kier molecular flexibility index (Phi) is 2.42. The lowest BCUT2D eigenvalue weighted by molar-refractivity contribution is 0.249. The van der Waals surface area contributed by atoms with Crippen molar-refractivity contribution in [2.45, 2.75) is 6.04 Å². The SMILES string of the molecule is CN[C@H](CO)c1cnc[nH]1. The minimum atomic E-state index is -0.0255. The maximum absolute atomic E-state index is 8.79.